The molecule has 0 aliphatic heterocycles. The number of nitrogens with two attached hydrogens (primary N) is 1. The smallest absolute Gasteiger partial charge is 0.131 e. The molecule has 0 spiro atoms. The summed E-state index contributed by atoms with van der Waals surface area (Å²) in [6.45, 7) is 6.01. The summed E-state index contributed by atoms with van der Waals surface area (Å²) in [5.74, 6) is 0. The first-order chi connectivity index (χ1) is 6.27. The maximum Gasteiger partial charge on any atom is 0.131 e. The molecule has 1 rings (SSSR count). The number of nitroso groups, excluding NO2 is 1. The van der Waals surface area contributed by atoms with Crippen molar-refractivity contribution >= 4 is 11.4 Å². The van der Waals surface area contributed by atoms with E-state index in [9.17, 15) is 4.91 Å². The number of nitrogens with zero attached hydrogens (tertiary/aromatic N) is 1. The van der Waals surface area contributed by atoms with Crippen molar-refractivity contribution in [1.82, 2.24) is 0 Å². The van der Waals surface area contributed by atoms with Gasteiger partial charge in [0, 0.05) is 0 Å². The number of hydrogen-bond donors (Lipinski definition) is 1. The van der Waals surface area contributed by atoms with Crippen molar-refractivity contribution in [2.45, 2.75) is 27.2 Å². The van der Waals surface area contributed by atoms with E-state index in [1.165, 1.54) is 0 Å². The highest BCUT2D eigenvalue weighted by Crippen LogP contribution is 2.22. The van der Waals surface area contributed by atoms with Crippen molar-refractivity contribution in [3.63, 3.8) is 0 Å². The van der Waals surface area contributed by atoms with E-state index in [-0.39, 0.29) is 0 Å². The van der Waals surface area contributed by atoms with E-state index in [1.54, 1.807) is 12.1 Å². The molecule has 1 aromatic carbocycles. The van der Waals surface area contributed by atoms with E-state index in [4.69, 9.17) is 5.73 Å². The Morgan fingerprint density at radius 1 is 1.38 bits per heavy atom. The zero-order valence-corrected chi connectivity index (χ0v) is 8.37. The molecule has 0 aromatic heterocycles. The number of nitrogen functional groups attached to an aromatic ring is 1. The van der Waals surface area contributed by atoms with E-state index >= 15 is 0 Å². The summed E-state index contributed by atoms with van der Waals surface area (Å²) in [5, 5.41) is 2.80. The third kappa shape index (κ3) is 3.23. The summed E-state index contributed by atoms with van der Waals surface area (Å²) in [4.78, 5) is 10.2. The van der Waals surface area contributed by atoms with Crippen molar-refractivity contribution < 1.29 is 0 Å². The average Bonchev–Trinajstić information content (AvgIpc) is 2.22. The zero-order chi connectivity index (χ0) is 10.3. The van der Waals surface area contributed by atoms with Gasteiger partial charge in [-0.3, -0.25) is 0 Å². The summed E-state index contributed by atoms with van der Waals surface area (Å²) >= 11 is 0. The van der Waals surface area contributed by atoms with Gasteiger partial charge in [-0.25, -0.2) is 0 Å². The van der Waals surface area contributed by atoms with E-state index in [1.807, 2.05) is 26.8 Å². The quantitative estimate of drug-likeness (QED) is 0.561. The largest absolute Gasteiger partial charge is 0.397 e. The van der Waals surface area contributed by atoms with Crippen LogP contribution in [0.15, 0.2) is 23.4 Å². The molecule has 0 aliphatic rings. The van der Waals surface area contributed by atoms with Gasteiger partial charge in [-0.2, -0.15) is 0 Å². The lowest BCUT2D eigenvalue weighted by molar-refractivity contribution is 1.14. The SMILES string of the molecule is CC.CCc1ccc(N)c(N=O)c1. The molecule has 3 nitrogen and oxygen atoms in total. The second-order valence-corrected chi connectivity index (χ2v) is 2.34. The predicted molar refractivity (Wildman–Crippen MR) is 57.0 cm³/mol. The van der Waals surface area contributed by atoms with Crippen molar-refractivity contribution in [3.8, 4) is 0 Å². The van der Waals surface area contributed by atoms with Gasteiger partial charge in [-0.05, 0) is 29.3 Å². The molecule has 2 N–H and O–H groups in total. The molecular weight excluding hydrogens is 164 g/mol. The molecule has 0 amide bonds. The normalized spacial score (nSPS) is 8.54. The third-order valence-corrected chi connectivity index (χ3v) is 1.60. The number of aryl methyl sites for hydroxylation is 1. The Kier molecular flexibility index (Phi) is 5.52. The van der Waals surface area contributed by atoms with Crippen LogP contribution in [0.25, 0.3) is 0 Å². The van der Waals surface area contributed by atoms with Gasteiger partial charge in [0.15, 0.2) is 0 Å². The monoisotopic (exact) mass is 180 g/mol. The minimum atomic E-state index is 0.337. The highest BCUT2D eigenvalue weighted by molar-refractivity contribution is 5.63. The summed E-state index contributed by atoms with van der Waals surface area (Å²) < 4.78 is 0. The fraction of sp³-hybridized carbons (Fsp3) is 0.400. The van der Waals surface area contributed by atoms with Crippen LogP contribution < -0.4 is 5.73 Å². The molecule has 72 valence electrons. The van der Waals surface area contributed by atoms with E-state index in [0.717, 1.165) is 12.0 Å². The summed E-state index contributed by atoms with van der Waals surface area (Å²) in [5.41, 5.74) is 7.32. The first-order valence-electron chi connectivity index (χ1n) is 4.49. The van der Waals surface area contributed by atoms with Crippen LogP contribution in [0.1, 0.15) is 26.3 Å². The first kappa shape index (κ1) is 11.6. The first-order valence-corrected chi connectivity index (χ1v) is 4.49. The van der Waals surface area contributed by atoms with Crippen molar-refractivity contribution in [2.24, 2.45) is 5.18 Å². The summed E-state index contributed by atoms with van der Waals surface area (Å²) in [6, 6.07) is 5.31. The molecule has 0 bridgehead atoms. The molecule has 1 aromatic rings. The Labute approximate surface area is 78.9 Å². The van der Waals surface area contributed by atoms with Crippen molar-refractivity contribution in [2.75, 3.05) is 5.73 Å². The van der Waals surface area contributed by atoms with Crippen molar-refractivity contribution in [1.29, 1.82) is 0 Å². The Morgan fingerprint density at radius 2 is 2.00 bits per heavy atom. The maximum absolute atomic E-state index is 10.2. The van der Waals surface area contributed by atoms with Crippen LogP contribution in [0.4, 0.5) is 11.4 Å². The molecule has 13 heavy (non-hydrogen) atoms. The molecule has 0 fully saturated rings. The van der Waals surface area contributed by atoms with Crippen molar-refractivity contribution in [3.05, 3.63) is 28.7 Å². The highest BCUT2D eigenvalue weighted by Gasteiger charge is 1.98. The second kappa shape index (κ2) is 6.17. The number of hydrogen-bond acceptors (Lipinski definition) is 3. The molecule has 0 saturated carbocycles. The van der Waals surface area contributed by atoms with Gasteiger partial charge < -0.3 is 5.73 Å². The predicted octanol–water partition coefficient (Wildman–Crippen LogP) is 3.26. The van der Waals surface area contributed by atoms with Crippen LogP contribution in [0.2, 0.25) is 0 Å². The molecular formula is C10H16N2O. The van der Waals surface area contributed by atoms with Crippen LogP contribution in [-0.4, -0.2) is 0 Å². The number of benzene rings is 1. The van der Waals surface area contributed by atoms with Gasteiger partial charge in [0.2, 0.25) is 0 Å². The van der Waals surface area contributed by atoms with Crippen LogP contribution in [0.5, 0.6) is 0 Å². The van der Waals surface area contributed by atoms with Gasteiger partial charge in [0.1, 0.15) is 5.69 Å². The lowest BCUT2D eigenvalue weighted by Gasteiger charge is -1.98. The summed E-state index contributed by atoms with van der Waals surface area (Å²) in [7, 11) is 0. The van der Waals surface area contributed by atoms with Crippen LogP contribution in [0, 0.1) is 4.91 Å². The Morgan fingerprint density at radius 3 is 2.46 bits per heavy atom. The van der Waals surface area contributed by atoms with Gasteiger partial charge in [0.25, 0.3) is 0 Å². The highest BCUT2D eigenvalue weighted by atomic mass is 16.3. The Hall–Kier alpha value is -1.38. The average molecular weight is 180 g/mol. The zero-order valence-electron chi connectivity index (χ0n) is 8.37. The molecule has 0 radical (unpaired) electrons. The molecule has 0 saturated heterocycles. The Balaban J connectivity index is 0.000000671. The minimum absolute atomic E-state index is 0.337. The van der Waals surface area contributed by atoms with Gasteiger partial charge in [-0.1, -0.05) is 26.8 Å². The van der Waals surface area contributed by atoms with Gasteiger partial charge >= 0.3 is 0 Å². The third-order valence-electron chi connectivity index (χ3n) is 1.60. The van der Waals surface area contributed by atoms with Gasteiger partial charge in [-0.15, -0.1) is 4.91 Å². The molecule has 0 atom stereocenters. The second-order valence-electron chi connectivity index (χ2n) is 2.34. The van der Waals surface area contributed by atoms with Crippen LogP contribution in [-0.2, 0) is 6.42 Å². The maximum atomic E-state index is 10.2. The standard InChI is InChI=1S/C8H10N2O.C2H6/c1-2-6-3-4-7(9)8(5-6)10-11;1-2/h3-5H,2,9H2,1H3;1-2H3. The van der Waals surface area contributed by atoms with Gasteiger partial charge in [0.05, 0.1) is 5.69 Å². The van der Waals surface area contributed by atoms with E-state index in [2.05, 4.69) is 5.18 Å². The molecule has 0 unspecified atom stereocenters. The minimum Gasteiger partial charge on any atom is -0.397 e. The van der Waals surface area contributed by atoms with Crippen LogP contribution in [0.3, 0.4) is 0 Å². The molecule has 0 aliphatic carbocycles. The fourth-order valence-corrected chi connectivity index (χ4v) is 0.888. The Bertz CT molecular complexity index is 272. The van der Waals surface area contributed by atoms with E-state index < -0.39 is 0 Å². The number of rotatable bonds is 2. The molecule has 0 heterocycles. The number of anilines is 1. The summed E-state index contributed by atoms with van der Waals surface area (Å²) in [6.07, 6.45) is 0.892. The topological polar surface area (TPSA) is 55.4 Å². The van der Waals surface area contributed by atoms with Crippen LogP contribution >= 0.6 is 0 Å². The lowest BCUT2D eigenvalue weighted by Crippen LogP contribution is -1.86. The lowest BCUT2D eigenvalue weighted by atomic mass is 10.1. The fourth-order valence-electron chi connectivity index (χ4n) is 0.888. The molecule has 3 heteroatoms. The van der Waals surface area contributed by atoms with E-state index in [0.29, 0.717) is 11.4 Å².